The molecule has 0 unspecified atom stereocenters. The van der Waals surface area contributed by atoms with Crippen molar-refractivity contribution < 1.29 is 13.9 Å². The van der Waals surface area contributed by atoms with Crippen LogP contribution in [0.5, 0.6) is 0 Å². The van der Waals surface area contributed by atoms with Gasteiger partial charge in [-0.05, 0) is 12.1 Å². The highest BCUT2D eigenvalue weighted by atomic mass is 32.1. The van der Waals surface area contributed by atoms with Crippen LogP contribution in [-0.2, 0) is 4.74 Å². The topological polar surface area (TPSA) is 59.2 Å². The smallest absolute Gasteiger partial charge is 0.340 e. The van der Waals surface area contributed by atoms with Gasteiger partial charge in [-0.1, -0.05) is 11.3 Å². The number of carbonyl (C=O) groups is 1. The number of hydrogen-bond acceptors (Lipinski definition) is 4. The Kier molecular flexibility index (Phi) is 2.28. The molecule has 2 aromatic rings. The van der Waals surface area contributed by atoms with Crippen LogP contribution in [0.15, 0.2) is 16.9 Å². The summed E-state index contributed by atoms with van der Waals surface area (Å²) in [6.45, 7) is 0. The number of rotatable bonds is 1. The molecule has 0 spiro atoms. The van der Waals surface area contributed by atoms with Crippen molar-refractivity contribution in [3.63, 3.8) is 0 Å². The van der Waals surface area contributed by atoms with Gasteiger partial charge in [0.1, 0.15) is 5.82 Å². The first-order valence-electron chi connectivity index (χ1n) is 4.02. The number of H-pyrrole nitrogens is 1. The van der Waals surface area contributed by atoms with Gasteiger partial charge in [-0.25, -0.2) is 9.18 Å². The predicted octanol–water partition coefficient (Wildman–Crippen LogP) is 1.52. The number of aromatic nitrogens is 1. The molecule has 0 amide bonds. The SMILES string of the molecule is COC(=O)c1cc(F)cc2sc(=O)[nH]c12. The zero-order chi connectivity index (χ0) is 11.0. The van der Waals surface area contributed by atoms with Crippen LogP contribution in [0.4, 0.5) is 4.39 Å². The summed E-state index contributed by atoms with van der Waals surface area (Å²) in [7, 11) is 1.20. The molecule has 0 fully saturated rings. The van der Waals surface area contributed by atoms with Gasteiger partial charge in [-0.2, -0.15) is 0 Å². The van der Waals surface area contributed by atoms with E-state index in [2.05, 4.69) is 9.72 Å². The normalized spacial score (nSPS) is 10.5. The van der Waals surface area contributed by atoms with Gasteiger partial charge in [0.15, 0.2) is 0 Å². The van der Waals surface area contributed by atoms with Crippen LogP contribution in [0.3, 0.4) is 0 Å². The molecule has 0 bridgehead atoms. The third-order valence-electron chi connectivity index (χ3n) is 1.90. The highest BCUT2D eigenvalue weighted by Crippen LogP contribution is 2.21. The summed E-state index contributed by atoms with van der Waals surface area (Å²) in [6, 6.07) is 2.24. The van der Waals surface area contributed by atoms with Gasteiger partial charge in [0, 0.05) is 0 Å². The molecule has 1 heterocycles. The second kappa shape index (κ2) is 3.47. The van der Waals surface area contributed by atoms with E-state index in [-0.39, 0.29) is 10.4 Å². The Labute approximate surface area is 87.3 Å². The summed E-state index contributed by atoms with van der Waals surface area (Å²) >= 11 is 0.849. The van der Waals surface area contributed by atoms with Gasteiger partial charge in [0.25, 0.3) is 0 Å². The van der Waals surface area contributed by atoms with Crippen molar-refractivity contribution in [2.75, 3.05) is 7.11 Å². The number of hydrogen-bond donors (Lipinski definition) is 1. The molecule has 6 heteroatoms. The maximum atomic E-state index is 13.1. The van der Waals surface area contributed by atoms with E-state index in [4.69, 9.17) is 0 Å². The van der Waals surface area contributed by atoms with E-state index < -0.39 is 11.8 Å². The lowest BCUT2D eigenvalue weighted by atomic mass is 10.2. The van der Waals surface area contributed by atoms with Crippen LogP contribution in [-0.4, -0.2) is 18.1 Å². The summed E-state index contributed by atoms with van der Waals surface area (Å²) in [6.07, 6.45) is 0. The van der Waals surface area contributed by atoms with Gasteiger partial charge in [-0.15, -0.1) is 0 Å². The van der Waals surface area contributed by atoms with E-state index in [1.807, 2.05) is 0 Å². The third kappa shape index (κ3) is 1.63. The molecular weight excluding hydrogens is 221 g/mol. The van der Waals surface area contributed by atoms with E-state index in [0.717, 1.165) is 17.4 Å². The average molecular weight is 227 g/mol. The van der Waals surface area contributed by atoms with Crippen LogP contribution in [0.2, 0.25) is 0 Å². The fraction of sp³-hybridized carbons (Fsp3) is 0.111. The fourth-order valence-corrected chi connectivity index (χ4v) is 2.08. The molecule has 0 saturated carbocycles. The first-order valence-corrected chi connectivity index (χ1v) is 4.84. The average Bonchev–Trinajstić information content (AvgIpc) is 2.55. The number of halogens is 1. The van der Waals surface area contributed by atoms with Crippen LogP contribution in [0, 0.1) is 5.82 Å². The van der Waals surface area contributed by atoms with Gasteiger partial charge in [-0.3, -0.25) is 4.79 Å². The summed E-state index contributed by atoms with van der Waals surface area (Å²) in [5, 5.41) is 0. The lowest BCUT2D eigenvalue weighted by molar-refractivity contribution is 0.0602. The Hall–Kier alpha value is -1.69. The van der Waals surface area contributed by atoms with Gasteiger partial charge in [0.05, 0.1) is 22.9 Å². The molecule has 78 valence electrons. The highest BCUT2D eigenvalue weighted by Gasteiger charge is 2.14. The van der Waals surface area contributed by atoms with Crippen molar-refractivity contribution in [3.05, 3.63) is 33.2 Å². The number of ether oxygens (including phenoxy) is 1. The van der Waals surface area contributed by atoms with E-state index in [9.17, 15) is 14.0 Å². The van der Waals surface area contributed by atoms with Crippen molar-refractivity contribution in [2.45, 2.75) is 0 Å². The quantitative estimate of drug-likeness (QED) is 0.751. The lowest BCUT2D eigenvalue weighted by Gasteiger charge is -2.00. The Morgan fingerprint density at radius 3 is 2.93 bits per heavy atom. The molecule has 0 saturated heterocycles. The van der Waals surface area contributed by atoms with E-state index >= 15 is 0 Å². The van der Waals surface area contributed by atoms with Crippen molar-refractivity contribution in [2.24, 2.45) is 0 Å². The standard InChI is InChI=1S/C9H6FNO3S/c1-14-8(12)5-2-4(10)3-6-7(5)11-9(13)15-6/h2-3H,1H3,(H,11,13). The van der Waals surface area contributed by atoms with Crippen LogP contribution >= 0.6 is 11.3 Å². The van der Waals surface area contributed by atoms with Crippen LogP contribution < -0.4 is 4.87 Å². The summed E-state index contributed by atoms with van der Waals surface area (Å²) in [4.78, 5) is 24.5. The predicted molar refractivity (Wildman–Crippen MR) is 53.7 cm³/mol. The highest BCUT2D eigenvalue weighted by molar-refractivity contribution is 7.16. The van der Waals surface area contributed by atoms with Crippen LogP contribution in [0.1, 0.15) is 10.4 Å². The Morgan fingerprint density at radius 2 is 2.27 bits per heavy atom. The fourth-order valence-electron chi connectivity index (χ4n) is 1.29. The first kappa shape index (κ1) is 9.85. The molecule has 1 aromatic carbocycles. The number of benzene rings is 1. The Morgan fingerprint density at radius 1 is 1.53 bits per heavy atom. The third-order valence-corrected chi connectivity index (χ3v) is 2.73. The van der Waals surface area contributed by atoms with Gasteiger partial charge >= 0.3 is 10.8 Å². The second-order valence-corrected chi connectivity index (χ2v) is 3.85. The summed E-state index contributed by atoms with van der Waals surface area (Å²) in [5.41, 5.74) is 0.351. The Bertz CT molecular complexity index is 587. The largest absolute Gasteiger partial charge is 0.465 e. The summed E-state index contributed by atoms with van der Waals surface area (Å²) in [5.74, 6) is -1.24. The number of fused-ring (bicyclic) bond motifs is 1. The number of methoxy groups -OCH3 is 1. The van der Waals surface area contributed by atoms with E-state index in [1.165, 1.54) is 13.2 Å². The molecule has 0 aliphatic carbocycles. The zero-order valence-electron chi connectivity index (χ0n) is 7.67. The van der Waals surface area contributed by atoms with Crippen molar-refractivity contribution in [3.8, 4) is 0 Å². The second-order valence-electron chi connectivity index (χ2n) is 2.83. The molecular formula is C9H6FNO3S. The van der Waals surface area contributed by atoms with Crippen molar-refractivity contribution in [1.29, 1.82) is 0 Å². The van der Waals surface area contributed by atoms with Gasteiger partial charge < -0.3 is 9.72 Å². The van der Waals surface area contributed by atoms with E-state index in [1.54, 1.807) is 0 Å². The molecule has 1 N–H and O–H groups in total. The van der Waals surface area contributed by atoms with Crippen molar-refractivity contribution in [1.82, 2.24) is 4.98 Å². The molecule has 0 radical (unpaired) electrons. The number of thiazole rings is 1. The zero-order valence-corrected chi connectivity index (χ0v) is 8.48. The minimum absolute atomic E-state index is 0.0332. The van der Waals surface area contributed by atoms with Crippen molar-refractivity contribution >= 4 is 27.5 Å². The maximum absolute atomic E-state index is 13.1. The molecule has 15 heavy (non-hydrogen) atoms. The minimum Gasteiger partial charge on any atom is -0.465 e. The molecule has 0 aliphatic heterocycles. The monoisotopic (exact) mass is 227 g/mol. The number of carbonyl (C=O) groups excluding carboxylic acids is 1. The maximum Gasteiger partial charge on any atom is 0.340 e. The molecule has 0 atom stereocenters. The van der Waals surface area contributed by atoms with Gasteiger partial charge in [0.2, 0.25) is 0 Å². The van der Waals surface area contributed by atoms with Crippen LogP contribution in [0.25, 0.3) is 10.2 Å². The lowest BCUT2D eigenvalue weighted by Crippen LogP contribution is -2.03. The molecule has 1 aromatic heterocycles. The summed E-state index contributed by atoms with van der Waals surface area (Å²) < 4.78 is 18.0. The first-order chi connectivity index (χ1) is 7.11. The molecule has 2 rings (SSSR count). The number of aromatic amines is 1. The number of nitrogens with one attached hydrogen (secondary N) is 1. The minimum atomic E-state index is -0.673. The van der Waals surface area contributed by atoms with E-state index in [0.29, 0.717) is 10.2 Å². The number of esters is 1. The Balaban J connectivity index is 2.81. The molecule has 4 nitrogen and oxygen atoms in total. The molecule has 0 aliphatic rings.